The lowest BCUT2D eigenvalue weighted by Gasteiger charge is -2.41. The van der Waals surface area contributed by atoms with Gasteiger partial charge in [-0.3, -0.25) is 24.1 Å². The van der Waals surface area contributed by atoms with Gasteiger partial charge in [-0.05, 0) is 50.3 Å². The number of carbonyl (C=O) groups excluding carboxylic acids is 5. The first-order valence-electron chi connectivity index (χ1n) is 19.5. The monoisotopic (exact) mass is 764 g/mol. The van der Waals surface area contributed by atoms with Gasteiger partial charge in [-0.1, -0.05) is 85.2 Å². The van der Waals surface area contributed by atoms with Crippen LogP contribution in [0.3, 0.4) is 0 Å². The molecule has 9 atom stereocenters. The Kier molecular flexibility index (Phi) is 19.1. The number of carbonyl (C=O) groups is 5. The zero-order chi connectivity index (χ0) is 40.9. The Balaban J connectivity index is 0.0000151. The molecule has 4 amide bonds. The molecule has 1 aliphatic rings. The molecule has 1 fully saturated rings. The van der Waals surface area contributed by atoms with Crippen LogP contribution in [0.15, 0.2) is 30.3 Å². The summed E-state index contributed by atoms with van der Waals surface area (Å²) in [6.07, 6.45) is 1.08. The Hall–Kier alpha value is -3.55. The van der Waals surface area contributed by atoms with Crippen LogP contribution in [0.1, 0.15) is 82.6 Å². The van der Waals surface area contributed by atoms with Crippen LogP contribution in [0.25, 0.3) is 0 Å². The van der Waals surface area contributed by atoms with Crippen LogP contribution in [-0.4, -0.2) is 136 Å². The van der Waals surface area contributed by atoms with Crippen molar-refractivity contribution in [2.75, 3.05) is 49.0 Å². The van der Waals surface area contributed by atoms with Gasteiger partial charge in [0, 0.05) is 37.1 Å². The van der Waals surface area contributed by atoms with Gasteiger partial charge in [-0.25, -0.2) is 4.79 Å². The molecule has 1 aliphatic heterocycles. The highest BCUT2D eigenvalue weighted by Gasteiger charge is 2.43. The molecule has 54 heavy (non-hydrogen) atoms. The molecule has 0 radical (unpaired) electrons. The molecule has 2 N–H and O–H groups in total. The lowest BCUT2D eigenvalue weighted by Crippen LogP contribution is -2.59. The molecule has 1 heterocycles. The third-order valence-corrected chi connectivity index (χ3v) is 11.0. The average Bonchev–Trinajstić information content (AvgIpc) is 3.62. The second kappa shape index (κ2) is 22.1. The van der Waals surface area contributed by atoms with E-state index in [-0.39, 0.29) is 63.1 Å². The number of hydrogen-bond acceptors (Lipinski definition) is 9. The van der Waals surface area contributed by atoms with Crippen molar-refractivity contribution in [2.45, 2.75) is 123 Å². The molecular weight excluding hydrogens is 690 g/mol. The van der Waals surface area contributed by atoms with Crippen LogP contribution in [0.5, 0.6) is 0 Å². The molecule has 0 spiro atoms. The zero-order valence-electron chi connectivity index (χ0n) is 35.1. The van der Waals surface area contributed by atoms with E-state index >= 15 is 0 Å². The van der Waals surface area contributed by atoms with Crippen molar-refractivity contribution >= 4 is 29.6 Å². The van der Waals surface area contributed by atoms with Crippen LogP contribution in [0.2, 0.25) is 0 Å². The molecule has 0 aliphatic carbocycles. The molecule has 2 rings (SSSR count). The summed E-state index contributed by atoms with van der Waals surface area (Å²) in [7, 11) is 9.80. The molecule has 0 bridgehead atoms. The van der Waals surface area contributed by atoms with E-state index in [1.54, 1.807) is 30.9 Å². The molecular formula is C41H73N5O8. The summed E-state index contributed by atoms with van der Waals surface area (Å²) in [5.74, 6) is -2.41. The second-order valence-corrected chi connectivity index (χ2v) is 15.7. The fourth-order valence-electron chi connectivity index (χ4n) is 7.90. The quantitative estimate of drug-likeness (QED) is 0.177. The zero-order valence-corrected chi connectivity index (χ0v) is 35.1. The SMILES string of the molecule is CC[C@H](C)[C@@H]([C@@H](CC(=O)N1CCC[C@H]1[C@H](OC)[C@@H](C)C(=O)N[C@@H](Cc1ccccc1)C(=O)OC)OC)N(C)C(=O)[C@@H](NC(=O)[C@H](C(C)C)N(C)C)C(C)C.[HH].[HH]. The van der Waals surface area contributed by atoms with Crippen LogP contribution in [0.4, 0.5) is 0 Å². The number of amides is 4. The smallest absolute Gasteiger partial charge is 0.328 e. The van der Waals surface area contributed by atoms with Crippen molar-refractivity contribution in [3.8, 4) is 0 Å². The molecule has 1 saturated heterocycles. The molecule has 1 aromatic carbocycles. The Bertz CT molecular complexity index is 1360. The van der Waals surface area contributed by atoms with E-state index in [9.17, 15) is 24.0 Å². The summed E-state index contributed by atoms with van der Waals surface area (Å²) >= 11 is 0. The Morgan fingerprint density at radius 3 is 2.02 bits per heavy atom. The summed E-state index contributed by atoms with van der Waals surface area (Å²) in [4.78, 5) is 73.5. The summed E-state index contributed by atoms with van der Waals surface area (Å²) in [5.41, 5.74) is 0.876. The summed E-state index contributed by atoms with van der Waals surface area (Å²) in [6, 6.07) is 6.46. The number of ether oxygens (including phenoxy) is 3. The Morgan fingerprint density at radius 2 is 1.52 bits per heavy atom. The van der Waals surface area contributed by atoms with Gasteiger partial charge in [0.1, 0.15) is 12.1 Å². The minimum atomic E-state index is -0.890. The standard InChI is InChI=1S/C41H69N5O8.2H2/c1-14-27(6)36(45(10)40(50)34(25(2)3)43-39(49)35(26(4)5)44(8)9)32(52-11)24-33(47)46-22-18-21-31(46)37(53-12)28(7)38(48)42-30(41(51)54-13)23-29-19-16-15-17-20-29;;/h15-17,19-20,25-28,30-32,34-37H,14,18,21-24H2,1-13H3,(H,42,48)(H,43,49);2*1H/t27-,28+,30-,31-,32+,34-,35-,36-,37+;;/m0../s1. The van der Waals surface area contributed by atoms with Crippen LogP contribution in [0, 0.1) is 23.7 Å². The predicted molar refractivity (Wildman–Crippen MR) is 214 cm³/mol. The number of nitrogens with zero attached hydrogens (tertiary/aromatic N) is 3. The van der Waals surface area contributed by atoms with Gasteiger partial charge in [-0.2, -0.15) is 0 Å². The Morgan fingerprint density at radius 1 is 0.889 bits per heavy atom. The van der Waals surface area contributed by atoms with Gasteiger partial charge < -0.3 is 34.6 Å². The summed E-state index contributed by atoms with van der Waals surface area (Å²) in [5, 5.41) is 5.89. The number of likely N-dealkylation sites (tertiary alicyclic amines) is 1. The average molecular weight is 764 g/mol. The number of esters is 1. The van der Waals surface area contributed by atoms with E-state index in [0.29, 0.717) is 13.0 Å². The van der Waals surface area contributed by atoms with Gasteiger partial charge in [0.25, 0.3) is 0 Å². The van der Waals surface area contributed by atoms with E-state index in [2.05, 4.69) is 10.6 Å². The van der Waals surface area contributed by atoms with E-state index in [1.807, 2.05) is 90.9 Å². The first-order valence-corrected chi connectivity index (χ1v) is 19.5. The number of hydrogen-bond donors (Lipinski definition) is 2. The highest BCUT2D eigenvalue weighted by molar-refractivity contribution is 5.90. The van der Waals surface area contributed by atoms with Crippen molar-refractivity contribution in [3.63, 3.8) is 0 Å². The molecule has 310 valence electrons. The predicted octanol–water partition coefficient (Wildman–Crippen LogP) is 4.03. The highest BCUT2D eigenvalue weighted by Crippen LogP contribution is 2.30. The van der Waals surface area contributed by atoms with Gasteiger partial charge in [0.05, 0.1) is 49.8 Å². The number of nitrogens with one attached hydrogen (secondary N) is 2. The van der Waals surface area contributed by atoms with Gasteiger partial charge in [0.15, 0.2) is 0 Å². The van der Waals surface area contributed by atoms with E-state index in [0.717, 1.165) is 18.4 Å². The third kappa shape index (κ3) is 12.2. The summed E-state index contributed by atoms with van der Waals surface area (Å²) in [6.45, 7) is 14.1. The van der Waals surface area contributed by atoms with Gasteiger partial charge in [-0.15, -0.1) is 0 Å². The van der Waals surface area contributed by atoms with Crippen molar-refractivity contribution in [2.24, 2.45) is 23.7 Å². The lowest BCUT2D eigenvalue weighted by molar-refractivity contribution is -0.149. The molecule has 0 saturated carbocycles. The van der Waals surface area contributed by atoms with Crippen molar-refractivity contribution in [1.29, 1.82) is 0 Å². The van der Waals surface area contributed by atoms with Crippen LogP contribution in [-0.2, 0) is 44.6 Å². The first kappa shape index (κ1) is 46.6. The van der Waals surface area contributed by atoms with Crippen LogP contribution >= 0.6 is 0 Å². The normalized spacial score (nSPS) is 19.0. The third-order valence-electron chi connectivity index (χ3n) is 11.0. The lowest BCUT2D eigenvalue weighted by atomic mass is 9.89. The fraction of sp³-hybridized carbons (Fsp3) is 0.732. The minimum Gasteiger partial charge on any atom is -0.467 e. The molecule has 13 nitrogen and oxygen atoms in total. The second-order valence-electron chi connectivity index (χ2n) is 15.7. The fourth-order valence-corrected chi connectivity index (χ4v) is 7.90. The largest absolute Gasteiger partial charge is 0.467 e. The summed E-state index contributed by atoms with van der Waals surface area (Å²) < 4.78 is 16.9. The number of benzene rings is 1. The van der Waals surface area contributed by atoms with Crippen molar-refractivity contribution in [3.05, 3.63) is 35.9 Å². The van der Waals surface area contributed by atoms with E-state index in [4.69, 9.17) is 14.2 Å². The molecule has 0 aromatic heterocycles. The van der Waals surface area contributed by atoms with E-state index < -0.39 is 48.3 Å². The maximum atomic E-state index is 14.2. The maximum Gasteiger partial charge on any atom is 0.328 e. The van der Waals surface area contributed by atoms with Gasteiger partial charge >= 0.3 is 5.97 Å². The van der Waals surface area contributed by atoms with Crippen molar-refractivity contribution < 1.29 is 41.0 Å². The number of methoxy groups -OCH3 is 3. The molecule has 1 aromatic rings. The molecule has 13 heteroatoms. The topological polar surface area (TPSA) is 147 Å². The maximum absolute atomic E-state index is 14.2. The molecule has 0 unspecified atom stereocenters. The van der Waals surface area contributed by atoms with E-state index in [1.165, 1.54) is 14.2 Å². The van der Waals surface area contributed by atoms with Gasteiger partial charge in [0.2, 0.25) is 23.6 Å². The van der Waals surface area contributed by atoms with Crippen LogP contribution < -0.4 is 10.6 Å². The Labute approximate surface area is 327 Å². The minimum absolute atomic E-state index is 0. The van der Waals surface area contributed by atoms with Crippen molar-refractivity contribution in [1.82, 2.24) is 25.3 Å². The number of rotatable bonds is 21. The highest BCUT2D eigenvalue weighted by atomic mass is 16.5. The number of likely N-dealkylation sites (N-methyl/N-ethyl adjacent to an activating group) is 2. The first-order chi connectivity index (χ1) is 25.4.